The van der Waals surface area contributed by atoms with Gasteiger partial charge in [-0.2, -0.15) is 4.31 Å². The summed E-state index contributed by atoms with van der Waals surface area (Å²) >= 11 is 0. The molecular formula is C17H16F3N3O4S. The molecule has 7 nitrogen and oxygen atoms in total. The first-order chi connectivity index (χ1) is 13.2. The van der Waals surface area contributed by atoms with Gasteiger partial charge in [0, 0.05) is 50.4 Å². The summed E-state index contributed by atoms with van der Waals surface area (Å²) in [6, 6.07) is 5.42. The molecule has 1 heterocycles. The molecule has 2 aromatic rings. The highest BCUT2D eigenvalue weighted by Crippen LogP contribution is 2.24. The second-order valence-electron chi connectivity index (χ2n) is 6.29. The van der Waals surface area contributed by atoms with Crippen LogP contribution in [-0.4, -0.2) is 48.7 Å². The number of nitro benzene ring substituents is 1. The van der Waals surface area contributed by atoms with Gasteiger partial charge in [-0.05, 0) is 24.3 Å². The molecule has 11 heteroatoms. The van der Waals surface area contributed by atoms with E-state index in [-0.39, 0.29) is 44.0 Å². The largest absolute Gasteiger partial charge is 0.296 e. The average molecular weight is 415 g/mol. The van der Waals surface area contributed by atoms with Crippen LogP contribution in [0.3, 0.4) is 0 Å². The summed E-state index contributed by atoms with van der Waals surface area (Å²) in [6.07, 6.45) is 0. The zero-order valence-electron chi connectivity index (χ0n) is 14.5. The van der Waals surface area contributed by atoms with Gasteiger partial charge in [-0.3, -0.25) is 15.0 Å². The Morgan fingerprint density at radius 3 is 2.18 bits per heavy atom. The normalized spacial score (nSPS) is 16.2. The number of sulfonamides is 1. The van der Waals surface area contributed by atoms with Crippen molar-refractivity contribution in [3.63, 3.8) is 0 Å². The molecule has 1 fully saturated rings. The monoisotopic (exact) mass is 415 g/mol. The van der Waals surface area contributed by atoms with E-state index in [0.717, 1.165) is 34.6 Å². The highest BCUT2D eigenvalue weighted by molar-refractivity contribution is 7.89. The third-order valence-corrected chi connectivity index (χ3v) is 6.41. The number of hydrogen-bond acceptors (Lipinski definition) is 5. The molecule has 150 valence electrons. The fraction of sp³-hybridized carbons (Fsp3) is 0.294. The van der Waals surface area contributed by atoms with E-state index in [0.29, 0.717) is 6.07 Å². The smallest absolute Gasteiger partial charge is 0.274 e. The Morgan fingerprint density at radius 1 is 0.964 bits per heavy atom. The molecule has 3 rings (SSSR count). The van der Waals surface area contributed by atoms with Crippen LogP contribution in [0.4, 0.5) is 18.9 Å². The Bertz CT molecular complexity index is 1010. The second kappa shape index (κ2) is 7.86. The van der Waals surface area contributed by atoms with Crippen LogP contribution in [-0.2, 0) is 16.6 Å². The Kier molecular flexibility index (Phi) is 5.68. The summed E-state index contributed by atoms with van der Waals surface area (Å²) < 4.78 is 66.6. The third-order valence-electron chi connectivity index (χ3n) is 4.48. The molecule has 1 aliphatic heterocycles. The molecule has 0 unspecified atom stereocenters. The lowest BCUT2D eigenvalue weighted by atomic mass is 10.1. The number of piperazine rings is 1. The van der Waals surface area contributed by atoms with Gasteiger partial charge in [0.25, 0.3) is 5.69 Å². The number of rotatable bonds is 5. The summed E-state index contributed by atoms with van der Waals surface area (Å²) in [5.74, 6) is -2.65. The van der Waals surface area contributed by atoms with Crippen LogP contribution < -0.4 is 0 Å². The van der Waals surface area contributed by atoms with Gasteiger partial charge in [-0.1, -0.05) is 0 Å². The zero-order chi connectivity index (χ0) is 20.5. The van der Waals surface area contributed by atoms with Gasteiger partial charge in [0.2, 0.25) is 10.0 Å². The highest BCUT2D eigenvalue weighted by Gasteiger charge is 2.31. The predicted molar refractivity (Wildman–Crippen MR) is 93.4 cm³/mol. The summed E-state index contributed by atoms with van der Waals surface area (Å²) in [5.41, 5.74) is -0.0317. The Hall–Kier alpha value is -2.50. The van der Waals surface area contributed by atoms with Crippen molar-refractivity contribution in [1.29, 1.82) is 0 Å². The maximum Gasteiger partial charge on any atom is 0.274 e. The topological polar surface area (TPSA) is 83.8 Å². The van der Waals surface area contributed by atoms with Gasteiger partial charge >= 0.3 is 0 Å². The predicted octanol–water partition coefficient (Wildman–Crippen LogP) is 2.52. The van der Waals surface area contributed by atoms with E-state index in [4.69, 9.17) is 0 Å². The molecular weight excluding hydrogens is 399 g/mol. The highest BCUT2D eigenvalue weighted by atomic mass is 32.2. The van der Waals surface area contributed by atoms with E-state index in [2.05, 4.69) is 0 Å². The minimum absolute atomic E-state index is 0.0161. The quantitative estimate of drug-likeness (QED) is 0.554. The number of halogens is 3. The van der Waals surface area contributed by atoms with Gasteiger partial charge < -0.3 is 0 Å². The Labute approximate surface area is 159 Å². The van der Waals surface area contributed by atoms with Gasteiger partial charge in [-0.25, -0.2) is 21.6 Å². The first-order valence-electron chi connectivity index (χ1n) is 8.29. The molecule has 0 spiro atoms. The lowest BCUT2D eigenvalue weighted by Gasteiger charge is -2.33. The first kappa shape index (κ1) is 20.2. The molecule has 28 heavy (non-hydrogen) atoms. The van der Waals surface area contributed by atoms with E-state index in [1.54, 1.807) is 4.90 Å². The van der Waals surface area contributed by atoms with E-state index in [1.165, 1.54) is 0 Å². The molecule has 1 aliphatic rings. The number of nitro groups is 1. The lowest BCUT2D eigenvalue weighted by molar-refractivity contribution is -0.385. The molecule has 0 radical (unpaired) electrons. The second-order valence-corrected chi connectivity index (χ2v) is 8.19. The standard InChI is InChI=1S/C17H16F3N3O4S/c18-13-1-3-16(23(24)25)12(9-13)11-21-5-7-22(8-6-21)28(26,27)17-4-2-14(19)10-15(17)20/h1-4,9-10H,5-8,11H2. The van der Waals surface area contributed by atoms with Crippen LogP contribution in [0.2, 0.25) is 0 Å². The van der Waals surface area contributed by atoms with Gasteiger partial charge in [0.05, 0.1) is 4.92 Å². The molecule has 0 amide bonds. The minimum Gasteiger partial charge on any atom is -0.296 e. The van der Waals surface area contributed by atoms with Crippen molar-refractivity contribution in [1.82, 2.24) is 9.21 Å². The van der Waals surface area contributed by atoms with Crippen molar-refractivity contribution >= 4 is 15.7 Å². The van der Waals surface area contributed by atoms with Crippen molar-refractivity contribution < 1.29 is 26.5 Å². The van der Waals surface area contributed by atoms with Crippen LogP contribution in [0, 0.1) is 27.6 Å². The number of nitrogens with zero attached hydrogens (tertiary/aromatic N) is 3. The van der Waals surface area contributed by atoms with E-state index in [1.807, 2.05) is 0 Å². The van der Waals surface area contributed by atoms with Crippen molar-refractivity contribution in [2.45, 2.75) is 11.4 Å². The maximum absolute atomic E-state index is 13.9. The number of benzene rings is 2. The molecule has 0 saturated carbocycles. The molecule has 0 aliphatic carbocycles. The fourth-order valence-electron chi connectivity index (χ4n) is 3.05. The lowest BCUT2D eigenvalue weighted by Crippen LogP contribution is -2.48. The number of hydrogen-bond donors (Lipinski definition) is 0. The van der Waals surface area contributed by atoms with Crippen LogP contribution >= 0.6 is 0 Å². The van der Waals surface area contributed by atoms with E-state index >= 15 is 0 Å². The van der Waals surface area contributed by atoms with E-state index in [9.17, 15) is 31.7 Å². The third kappa shape index (κ3) is 4.16. The zero-order valence-corrected chi connectivity index (χ0v) is 15.3. The minimum atomic E-state index is -4.14. The molecule has 0 bridgehead atoms. The maximum atomic E-state index is 13.9. The molecule has 1 saturated heterocycles. The fourth-order valence-corrected chi connectivity index (χ4v) is 4.52. The molecule has 0 N–H and O–H groups in total. The van der Waals surface area contributed by atoms with Crippen LogP contribution in [0.25, 0.3) is 0 Å². The van der Waals surface area contributed by atoms with Gasteiger partial charge in [0.1, 0.15) is 22.3 Å². The van der Waals surface area contributed by atoms with Gasteiger partial charge in [-0.15, -0.1) is 0 Å². The molecule has 2 aromatic carbocycles. The summed E-state index contributed by atoms with van der Waals surface area (Å²) in [6.45, 7) is 0.544. The molecule has 0 aromatic heterocycles. The average Bonchev–Trinajstić information content (AvgIpc) is 2.61. The van der Waals surface area contributed by atoms with Crippen LogP contribution in [0.5, 0.6) is 0 Å². The van der Waals surface area contributed by atoms with Crippen molar-refractivity contribution in [3.05, 3.63) is 69.5 Å². The van der Waals surface area contributed by atoms with Crippen molar-refractivity contribution in [3.8, 4) is 0 Å². The van der Waals surface area contributed by atoms with Crippen LogP contribution in [0.15, 0.2) is 41.3 Å². The summed E-state index contributed by atoms with van der Waals surface area (Å²) in [4.78, 5) is 11.6. The van der Waals surface area contributed by atoms with Crippen molar-refractivity contribution in [2.24, 2.45) is 0 Å². The SMILES string of the molecule is O=[N+]([O-])c1ccc(F)cc1CN1CCN(S(=O)(=O)c2ccc(F)cc2F)CC1. The summed E-state index contributed by atoms with van der Waals surface area (Å²) in [5, 5.41) is 11.1. The Morgan fingerprint density at radius 2 is 1.57 bits per heavy atom. The summed E-state index contributed by atoms with van der Waals surface area (Å²) in [7, 11) is -4.14. The first-order valence-corrected chi connectivity index (χ1v) is 9.73. The van der Waals surface area contributed by atoms with Crippen molar-refractivity contribution in [2.75, 3.05) is 26.2 Å². The molecule has 0 atom stereocenters. The Balaban J connectivity index is 1.71. The van der Waals surface area contributed by atoms with E-state index < -0.39 is 37.3 Å². The van der Waals surface area contributed by atoms with Gasteiger partial charge in [0.15, 0.2) is 0 Å². The van der Waals surface area contributed by atoms with Crippen LogP contribution in [0.1, 0.15) is 5.56 Å².